The number of H-pyrrole nitrogens is 1. The zero-order valence-corrected chi connectivity index (χ0v) is 16.5. The van der Waals surface area contributed by atoms with E-state index in [1.807, 2.05) is 12.4 Å². The van der Waals surface area contributed by atoms with Gasteiger partial charge in [0.05, 0.1) is 37.1 Å². The summed E-state index contributed by atoms with van der Waals surface area (Å²) >= 11 is 0. The highest BCUT2D eigenvalue weighted by Gasteiger charge is 2.12. The molecule has 148 valence electrons. The van der Waals surface area contributed by atoms with E-state index in [0.717, 1.165) is 63.1 Å². The topological polar surface area (TPSA) is 63.3 Å². The Morgan fingerprint density at radius 1 is 1.21 bits per heavy atom. The highest BCUT2D eigenvalue weighted by molar-refractivity contribution is 5.78. The molecule has 0 radical (unpaired) electrons. The van der Waals surface area contributed by atoms with Gasteiger partial charge in [0.25, 0.3) is 0 Å². The van der Waals surface area contributed by atoms with Crippen molar-refractivity contribution in [2.24, 2.45) is 0 Å². The molecule has 1 N–H and O–H groups in total. The number of nitrogens with one attached hydrogen (secondary N) is 1. The van der Waals surface area contributed by atoms with Crippen molar-refractivity contribution in [3.63, 3.8) is 0 Å². The molecule has 0 aliphatic carbocycles. The zero-order chi connectivity index (χ0) is 19.2. The Hall–Kier alpha value is -2.44. The molecular weight excluding hydrogens is 352 g/mol. The van der Waals surface area contributed by atoms with Crippen LogP contribution in [0.4, 0.5) is 0 Å². The summed E-state index contributed by atoms with van der Waals surface area (Å²) in [7, 11) is 0. The summed E-state index contributed by atoms with van der Waals surface area (Å²) in [5, 5.41) is 0. The van der Waals surface area contributed by atoms with Crippen molar-refractivity contribution in [2.75, 3.05) is 32.9 Å². The molecule has 1 aliphatic rings. The molecule has 28 heavy (non-hydrogen) atoms. The normalized spacial score (nSPS) is 15.2. The fraction of sp³-hybridized carbons (Fsp3) is 0.455. The number of fused-ring (bicyclic) bond motifs is 1. The molecule has 0 bridgehead atoms. The fourth-order valence-electron chi connectivity index (χ4n) is 3.54. The Balaban J connectivity index is 1.48. The molecule has 1 aromatic carbocycles. The number of morpholine rings is 1. The van der Waals surface area contributed by atoms with Gasteiger partial charge in [0, 0.05) is 37.8 Å². The van der Waals surface area contributed by atoms with Crippen LogP contribution >= 0.6 is 0 Å². The van der Waals surface area contributed by atoms with Crippen LogP contribution in [0.3, 0.4) is 0 Å². The molecule has 1 aliphatic heterocycles. The van der Waals surface area contributed by atoms with E-state index in [1.54, 1.807) is 0 Å². The van der Waals surface area contributed by atoms with Crippen LogP contribution in [-0.2, 0) is 17.7 Å². The average Bonchev–Trinajstić information content (AvgIpc) is 3.11. The molecule has 4 rings (SSSR count). The summed E-state index contributed by atoms with van der Waals surface area (Å²) in [5.74, 6) is 0. The third-order valence-electron chi connectivity index (χ3n) is 5.10. The maximum Gasteiger partial charge on any atom is 0.317 e. The second-order valence-corrected chi connectivity index (χ2v) is 7.32. The third-order valence-corrected chi connectivity index (χ3v) is 5.10. The first kappa shape index (κ1) is 18.9. The monoisotopic (exact) mass is 380 g/mol. The van der Waals surface area contributed by atoms with Crippen molar-refractivity contribution in [1.82, 2.24) is 19.9 Å². The average molecular weight is 380 g/mol. The van der Waals surface area contributed by atoms with E-state index >= 15 is 0 Å². The van der Waals surface area contributed by atoms with Crippen LogP contribution < -0.4 is 4.74 Å². The van der Waals surface area contributed by atoms with E-state index in [2.05, 4.69) is 51.0 Å². The van der Waals surface area contributed by atoms with E-state index in [0.29, 0.717) is 12.6 Å². The van der Waals surface area contributed by atoms with Gasteiger partial charge in [-0.2, -0.15) is 4.98 Å². The first-order valence-electron chi connectivity index (χ1n) is 10.2. The van der Waals surface area contributed by atoms with E-state index < -0.39 is 0 Å². The SMILES string of the molecule is CCCCOc1ncc2[nH]cc(Cc3cccc(CN4CCOCC4)c3)c2n1. The third kappa shape index (κ3) is 4.69. The molecule has 1 saturated heterocycles. The minimum atomic E-state index is 0.461. The van der Waals surface area contributed by atoms with Gasteiger partial charge in [-0.3, -0.25) is 4.90 Å². The smallest absolute Gasteiger partial charge is 0.317 e. The number of hydrogen-bond donors (Lipinski definition) is 1. The van der Waals surface area contributed by atoms with Crippen LogP contribution in [-0.4, -0.2) is 52.8 Å². The minimum Gasteiger partial charge on any atom is -0.463 e. The van der Waals surface area contributed by atoms with Crippen LogP contribution in [0.2, 0.25) is 0 Å². The Kier molecular flexibility index (Phi) is 6.19. The standard InChI is InChI=1S/C22H28N4O2/c1-2-3-9-28-22-24-15-20-21(25-22)19(14-23-20)13-17-5-4-6-18(12-17)16-26-7-10-27-11-8-26/h4-6,12,14-15,23H,2-3,7-11,13,16H2,1H3. The van der Waals surface area contributed by atoms with Gasteiger partial charge in [0.15, 0.2) is 0 Å². The summed E-state index contributed by atoms with van der Waals surface area (Å²) in [6.45, 7) is 7.45. The second-order valence-electron chi connectivity index (χ2n) is 7.32. The fourth-order valence-corrected chi connectivity index (χ4v) is 3.54. The molecule has 2 aromatic heterocycles. The molecule has 0 saturated carbocycles. The molecule has 0 atom stereocenters. The van der Waals surface area contributed by atoms with Crippen LogP contribution in [0.15, 0.2) is 36.7 Å². The second kappa shape index (κ2) is 9.17. The Morgan fingerprint density at radius 3 is 2.93 bits per heavy atom. The number of unbranched alkanes of at least 4 members (excludes halogenated alkanes) is 1. The summed E-state index contributed by atoms with van der Waals surface area (Å²) in [5.41, 5.74) is 5.69. The molecule has 1 fully saturated rings. The molecule has 6 heteroatoms. The number of aromatic nitrogens is 3. The molecule has 0 unspecified atom stereocenters. The molecule has 3 heterocycles. The Bertz CT molecular complexity index is 902. The van der Waals surface area contributed by atoms with Gasteiger partial charge >= 0.3 is 6.01 Å². The van der Waals surface area contributed by atoms with Crippen molar-refractivity contribution in [3.8, 4) is 6.01 Å². The number of ether oxygens (including phenoxy) is 2. The largest absolute Gasteiger partial charge is 0.463 e. The first-order chi connectivity index (χ1) is 13.8. The number of hydrogen-bond acceptors (Lipinski definition) is 5. The van der Waals surface area contributed by atoms with Gasteiger partial charge in [-0.05, 0) is 17.5 Å². The number of rotatable bonds is 8. The van der Waals surface area contributed by atoms with Crippen molar-refractivity contribution in [2.45, 2.75) is 32.7 Å². The van der Waals surface area contributed by atoms with Crippen molar-refractivity contribution < 1.29 is 9.47 Å². The van der Waals surface area contributed by atoms with E-state index in [-0.39, 0.29) is 0 Å². The highest BCUT2D eigenvalue weighted by atomic mass is 16.5. The maximum atomic E-state index is 5.68. The lowest BCUT2D eigenvalue weighted by atomic mass is 10.0. The zero-order valence-electron chi connectivity index (χ0n) is 16.5. The molecule has 6 nitrogen and oxygen atoms in total. The van der Waals surface area contributed by atoms with Crippen LogP contribution in [0, 0.1) is 0 Å². The van der Waals surface area contributed by atoms with Gasteiger partial charge in [0.1, 0.15) is 0 Å². The lowest BCUT2D eigenvalue weighted by Gasteiger charge is -2.26. The molecule has 3 aromatic rings. The van der Waals surface area contributed by atoms with Crippen molar-refractivity contribution >= 4 is 11.0 Å². The van der Waals surface area contributed by atoms with Gasteiger partial charge < -0.3 is 14.5 Å². The lowest BCUT2D eigenvalue weighted by Crippen LogP contribution is -2.35. The molecule has 0 spiro atoms. The van der Waals surface area contributed by atoms with Crippen LogP contribution in [0.5, 0.6) is 6.01 Å². The van der Waals surface area contributed by atoms with E-state index in [9.17, 15) is 0 Å². The van der Waals surface area contributed by atoms with Crippen molar-refractivity contribution in [3.05, 3.63) is 53.3 Å². The first-order valence-corrected chi connectivity index (χ1v) is 10.2. The quantitative estimate of drug-likeness (QED) is 0.606. The molecular formula is C22H28N4O2. The van der Waals surface area contributed by atoms with Gasteiger partial charge in [-0.25, -0.2) is 4.98 Å². The Morgan fingerprint density at radius 2 is 2.07 bits per heavy atom. The maximum absolute atomic E-state index is 5.68. The summed E-state index contributed by atoms with van der Waals surface area (Å²) in [6, 6.07) is 9.29. The predicted molar refractivity (Wildman–Crippen MR) is 110 cm³/mol. The predicted octanol–water partition coefficient (Wildman–Crippen LogP) is 3.56. The number of benzene rings is 1. The summed E-state index contributed by atoms with van der Waals surface area (Å²) in [6.07, 6.45) is 6.78. The van der Waals surface area contributed by atoms with Crippen LogP contribution in [0.1, 0.15) is 36.5 Å². The van der Waals surface area contributed by atoms with Crippen molar-refractivity contribution in [1.29, 1.82) is 0 Å². The highest BCUT2D eigenvalue weighted by Crippen LogP contribution is 2.21. The van der Waals surface area contributed by atoms with Crippen LogP contribution in [0.25, 0.3) is 11.0 Å². The number of aromatic amines is 1. The Labute approximate surface area is 165 Å². The van der Waals surface area contributed by atoms with E-state index in [4.69, 9.17) is 9.47 Å². The van der Waals surface area contributed by atoms with E-state index in [1.165, 1.54) is 16.7 Å². The van der Waals surface area contributed by atoms with Gasteiger partial charge in [0.2, 0.25) is 0 Å². The summed E-state index contributed by atoms with van der Waals surface area (Å²) in [4.78, 5) is 14.7. The lowest BCUT2D eigenvalue weighted by molar-refractivity contribution is 0.0342. The number of nitrogens with zero attached hydrogens (tertiary/aromatic N) is 3. The summed E-state index contributed by atoms with van der Waals surface area (Å²) < 4.78 is 11.1. The minimum absolute atomic E-state index is 0.461. The van der Waals surface area contributed by atoms with Gasteiger partial charge in [-0.1, -0.05) is 37.6 Å². The molecule has 0 amide bonds. The van der Waals surface area contributed by atoms with Gasteiger partial charge in [-0.15, -0.1) is 0 Å².